The maximum Gasteiger partial charge on any atom is 0.0931 e. The summed E-state index contributed by atoms with van der Waals surface area (Å²) >= 11 is 0. The molecule has 0 radical (unpaired) electrons. The number of hydrogen-bond acceptors (Lipinski definition) is 3. The lowest BCUT2D eigenvalue weighted by Crippen LogP contribution is -2.10. The van der Waals surface area contributed by atoms with Gasteiger partial charge in [-0.1, -0.05) is 12.1 Å². The Morgan fingerprint density at radius 1 is 1.07 bits per heavy atom. The van der Waals surface area contributed by atoms with Gasteiger partial charge < -0.3 is 15.6 Å². The number of aromatic amines is 1. The highest BCUT2D eigenvalue weighted by Crippen LogP contribution is 2.05. The second kappa shape index (κ2) is 4.32. The molecule has 4 heteroatoms. The first kappa shape index (κ1) is 8.62. The molecular weight excluding hydrogens is 176 g/mol. The molecule has 0 aliphatic carbocycles. The monoisotopic (exact) mass is 188 g/mol. The van der Waals surface area contributed by atoms with E-state index < -0.39 is 0 Å². The first-order valence-corrected chi connectivity index (χ1v) is 4.47. The number of benzene rings is 1. The fourth-order valence-corrected chi connectivity index (χ4v) is 1.17. The molecule has 4 nitrogen and oxygen atoms in total. The van der Waals surface area contributed by atoms with Gasteiger partial charge in [-0.25, -0.2) is 4.98 Å². The number of rotatable bonds is 0. The van der Waals surface area contributed by atoms with E-state index in [0.717, 1.165) is 17.7 Å². The largest absolute Gasteiger partial charge is 0.373 e. The molecule has 1 aromatic heterocycles. The Labute approximate surface area is 82.0 Å². The average molecular weight is 188 g/mol. The third kappa shape index (κ3) is 2.04. The van der Waals surface area contributed by atoms with Gasteiger partial charge in [-0.05, 0) is 12.1 Å². The van der Waals surface area contributed by atoms with E-state index in [0.29, 0.717) is 0 Å². The summed E-state index contributed by atoms with van der Waals surface area (Å²) < 4.78 is 0. The molecule has 0 amide bonds. The van der Waals surface area contributed by atoms with E-state index >= 15 is 0 Å². The summed E-state index contributed by atoms with van der Waals surface area (Å²) in [6.45, 7) is 0.889. The van der Waals surface area contributed by atoms with Crippen molar-refractivity contribution in [2.75, 3.05) is 6.67 Å². The average Bonchev–Trinajstić information content (AvgIpc) is 2.92. The van der Waals surface area contributed by atoms with E-state index in [1.807, 2.05) is 36.7 Å². The van der Waals surface area contributed by atoms with E-state index in [2.05, 4.69) is 20.6 Å². The lowest BCUT2D eigenvalue weighted by Gasteiger charge is -1.82. The molecule has 3 N–H and O–H groups in total. The zero-order chi connectivity index (χ0) is 9.64. The van der Waals surface area contributed by atoms with Crippen LogP contribution in [0.2, 0.25) is 0 Å². The van der Waals surface area contributed by atoms with Gasteiger partial charge in [0.2, 0.25) is 0 Å². The second-order valence-electron chi connectivity index (χ2n) is 2.84. The van der Waals surface area contributed by atoms with E-state index in [1.165, 1.54) is 0 Å². The fraction of sp³-hybridized carbons (Fsp3) is 0.100. The predicted octanol–water partition coefficient (Wildman–Crippen LogP) is 1.17. The summed E-state index contributed by atoms with van der Waals surface area (Å²) in [4.78, 5) is 7.07. The van der Waals surface area contributed by atoms with Crippen LogP contribution >= 0.6 is 0 Å². The Morgan fingerprint density at radius 2 is 1.86 bits per heavy atom. The van der Waals surface area contributed by atoms with Crippen molar-refractivity contribution < 1.29 is 0 Å². The van der Waals surface area contributed by atoms with E-state index in [-0.39, 0.29) is 0 Å². The van der Waals surface area contributed by atoms with Crippen molar-refractivity contribution >= 4 is 11.0 Å². The highest BCUT2D eigenvalue weighted by molar-refractivity contribution is 5.73. The van der Waals surface area contributed by atoms with Crippen molar-refractivity contribution in [3.63, 3.8) is 0 Å². The minimum Gasteiger partial charge on any atom is -0.373 e. The molecule has 72 valence electrons. The smallest absolute Gasteiger partial charge is 0.0931 e. The highest BCUT2D eigenvalue weighted by atomic mass is 15.1. The maximum absolute atomic E-state index is 4.06. The van der Waals surface area contributed by atoms with Gasteiger partial charge in [-0.15, -0.1) is 0 Å². The van der Waals surface area contributed by atoms with Crippen LogP contribution in [-0.2, 0) is 0 Å². The maximum atomic E-state index is 4.06. The quantitative estimate of drug-likeness (QED) is 0.581. The topological polar surface area (TPSA) is 52.7 Å². The minimum absolute atomic E-state index is 0.889. The standard InChI is InChI=1S/C7H6N2.C3H6N2/c1-2-4-7-6(3-1)8-5-9-7;1-2-5-3-4-1/h1-5H,(H,8,9);1-2,4-5H,3H2. The summed E-state index contributed by atoms with van der Waals surface area (Å²) in [5.41, 5.74) is 2.12. The Balaban J connectivity index is 0.000000128. The molecule has 0 saturated carbocycles. The number of fused-ring (bicyclic) bond motifs is 1. The summed E-state index contributed by atoms with van der Waals surface area (Å²) in [7, 11) is 0. The molecule has 1 aliphatic heterocycles. The molecule has 1 aromatic carbocycles. The molecule has 1 aliphatic rings. The van der Waals surface area contributed by atoms with Crippen LogP contribution in [0.15, 0.2) is 43.0 Å². The molecule has 0 fully saturated rings. The number of para-hydroxylation sites is 2. The van der Waals surface area contributed by atoms with Crippen molar-refractivity contribution in [2.45, 2.75) is 0 Å². The first-order chi connectivity index (χ1) is 6.97. The lowest BCUT2D eigenvalue weighted by atomic mass is 10.3. The third-order valence-corrected chi connectivity index (χ3v) is 1.85. The molecule has 14 heavy (non-hydrogen) atoms. The molecule has 0 atom stereocenters. The summed E-state index contributed by atoms with van der Waals surface area (Å²) in [6, 6.07) is 7.94. The molecule has 0 spiro atoms. The van der Waals surface area contributed by atoms with E-state index in [1.54, 1.807) is 6.33 Å². The van der Waals surface area contributed by atoms with Crippen LogP contribution in [-0.4, -0.2) is 16.6 Å². The summed E-state index contributed by atoms with van der Waals surface area (Å²) in [5, 5.41) is 5.86. The molecule has 0 bridgehead atoms. The van der Waals surface area contributed by atoms with Crippen LogP contribution in [0.4, 0.5) is 0 Å². The zero-order valence-electron chi connectivity index (χ0n) is 7.70. The molecular formula is C10H12N4. The highest BCUT2D eigenvalue weighted by Gasteiger charge is 1.88. The van der Waals surface area contributed by atoms with Gasteiger partial charge >= 0.3 is 0 Å². The molecule has 2 heterocycles. The van der Waals surface area contributed by atoms with Crippen LogP contribution in [0.3, 0.4) is 0 Å². The van der Waals surface area contributed by atoms with Gasteiger partial charge in [-0.3, -0.25) is 0 Å². The molecule has 2 aromatic rings. The number of nitrogens with zero attached hydrogens (tertiary/aromatic N) is 1. The van der Waals surface area contributed by atoms with Gasteiger partial charge in [0.25, 0.3) is 0 Å². The van der Waals surface area contributed by atoms with Gasteiger partial charge in [0.05, 0.1) is 24.0 Å². The summed E-state index contributed by atoms with van der Waals surface area (Å²) in [5.74, 6) is 0. The van der Waals surface area contributed by atoms with Gasteiger partial charge in [0.1, 0.15) is 0 Å². The lowest BCUT2D eigenvalue weighted by molar-refractivity contribution is 0.836. The molecule has 0 unspecified atom stereocenters. The van der Waals surface area contributed by atoms with Gasteiger partial charge in [0.15, 0.2) is 0 Å². The summed E-state index contributed by atoms with van der Waals surface area (Å²) in [6.07, 6.45) is 5.45. The Bertz CT molecular complexity index is 382. The number of nitrogens with one attached hydrogen (secondary N) is 3. The Kier molecular flexibility index (Phi) is 2.66. The normalized spacial score (nSPS) is 12.9. The fourth-order valence-electron chi connectivity index (χ4n) is 1.17. The van der Waals surface area contributed by atoms with Crippen LogP contribution in [0.5, 0.6) is 0 Å². The van der Waals surface area contributed by atoms with Gasteiger partial charge in [0, 0.05) is 12.4 Å². The SMILES string of the molecule is C1=CNCN1.c1ccc2[nH]cnc2c1. The first-order valence-electron chi connectivity index (χ1n) is 4.47. The molecule has 3 rings (SSSR count). The number of imidazole rings is 1. The Morgan fingerprint density at radius 3 is 2.50 bits per heavy atom. The second-order valence-corrected chi connectivity index (χ2v) is 2.84. The van der Waals surface area contributed by atoms with Gasteiger partial charge in [-0.2, -0.15) is 0 Å². The molecule has 0 saturated heterocycles. The van der Waals surface area contributed by atoms with Crippen molar-refractivity contribution in [1.82, 2.24) is 20.6 Å². The van der Waals surface area contributed by atoms with Crippen LogP contribution in [0.1, 0.15) is 0 Å². The number of aromatic nitrogens is 2. The van der Waals surface area contributed by atoms with Crippen LogP contribution in [0, 0.1) is 0 Å². The van der Waals surface area contributed by atoms with Crippen LogP contribution < -0.4 is 10.6 Å². The van der Waals surface area contributed by atoms with Crippen molar-refractivity contribution in [3.05, 3.63) is 43.0 Å². The van der Waals surface area contributed by atoms with E-state index in [9.17, 15) is 0 Å². The van der Waals surface area contributed by atoms with Crippen molar-refractivity contribution in [2.24, 2.45) is 0 Å². The van der Waals surface area contributed by atoms with E-state index in [4.69, 9.17) is 0 Å². The number of H-pyrrole nitrogens is 1. The third-order valence-electron chi connectivity index (χ3n) is 1.85. The zero-order valence-corrected chi connectivity index (χ0v) is 7.70. The van der Waals surface area contributed by atoms with Crippen LogP contribution in [0.25, 0.3) is 11.0 Å². The number of hydrogen-bond donors (Lipinski definition) is 3. The predicted molar refractivity (Wildman–Crippen MR) is 56.4 cm³/mol. The minimum atomic E-state index is 0.889. The Hall–Kier alpha value is -1.97. The van der Waals surface area contributed by atoms with Crippen molar-refractivity contribution in [1.29, 1.82) is 0 Å². The van der Waals surface area contributed by atoms with Crippen molar-refractivity contribution in [3.8, 4) is 0 Å².